The van der Waals surface area contributed by atoms with E-state index in [9.17, 15) is 9.90 Å². The second kappa shape index (κ2) is 8.55. The van der Waals surface area contributed by atoms with Gasteiger partial charge in [-0.1, -0.05) is 18.7 Å². The maximum Gasteiger partial charge on any atom is 0.322 e. The van der Waals surface area contributed by atoms with E-state index in [4.69, 9.17) is 9.47 Å². The number of hydrogen-bond donors (Lipinski definition) is 2. The van der Waals surface area contributed by atoms with Crippen LogP contribution >= 0.6 is 0 Å². The molecule has 1 fully saturated rings. The molecule has 1 aromatic rings. The third-order valence-corrected chi connectivity index (χ3v) is 3.49. The number of amides is 2. The minimum atomic E-state index is -0.222. The largest absolute Gasteiger partial charge is 0.487 e. The summed E-state index contributed by atoms with van der Waals surface area (Å²) in [7, 11) is 0. The molecule has 0 aliphatic carbocycles. The van der Waals surface area contributed by atoms with Gasteiger partial charge in [-0.2, -0.15) is 0 Å². The maximum atomic E-state index is 12.5. The number of nitrogens with one attached hydrogen (secondary N) is 1. The molecule has 0 bridgehead atoms. The fourth-order valence-electron chi connectivity index (χ4n) is 2.27. The number of ether oxygens (including phenoxy) is 2. The van der Waals surface area contributed by atoms with Crippen molar-refractivity contribution < 1.29 is 19.4 Å². The van der Waals surface area contributed by atoms with Crippen molar-refractivity contribution in [1.82, 2.24) is 4.90 Å². The first kappa shape index (κ1) is 17.3. The van der Waals surface area contributed by atoms with Gasteiger partial charge in [0.05, 0.1) is 18.9 Å². The van der Waals surface area contributed by atoms with Gasteiger partial charge in [-0.25, -0.2) is 4.79 Å². The summed E-state index contributed by atoms with van der Waals surface area (Å²) in [5.74, 6) is 0.548. The standard InChI is InChI=1S/C17H24N2O4/c1-13(2)11-23-16-6-4-3-5-15(16)18-17(21)19-7-8-22-12-14(9-19)10-20/h3-6,14,20H,1,7-12H2,2H3,(H,18,21)/t14-/m1/s1. The molecule has 0 spiro atoms. The van der Waals surface area contributed by atoms with Crippen LogP contribution in [0.2, 0.25) is 0 Å². The van der Waals surface area contributed by atoms with Gasteiger partial charge in [0.1, 0.15) is 12.4 Å². The van der Waals surface area contributed by atoms with Crippen molar-refractivity contribution in [3.8, 4) is 5.75 Å². The number of hydrogen-bond acceptors (Lipinski definition) is 4. The number of nitrogens with zero attached hydrogens (tertiary/aromatic N) is 1. The Hall–Kier alpha value is -2.05. The summed E-state index contributed by atoms with van der Waals surface area (Å²) >= 11 is 0. The molecule has 126 valence electrons. The van der Waals surface area contributed by atoms with Crippen molar-refractivity contribution in [2.24, 2.45) is 5.92 Å². The van der Waals surface area contributed by atoms with Crippen LogP contribution in [0.4, 0.5) is 10.5 Å². The van der Waals surface area contributed by atoms with E-state index in [2.05, 4.69) is 11.9 Å². The van der Waals surface area contributed by atoms with Gasteiger partial charge in [0.15, 0.2) is 0 Å². The van der Waals surface area contributed by atoms with E-state index in [1.54, 1.807) is 17.0 Å². The molecule has 0 saturated carbocycles. The molecular formula is C17H24N2O4. The fourth-order valence-corrected chi connectivity index (χ4v) is 2.27. The molecule has 1 saturated heterocycles. The molecule has 6 nitrogen and oxygen atoms in total. The molecule has 1 heterocycles. The first-order valence-corrected chi connectivity index (χ1v) is 7.71. The van der Waals surface area contributed by atoms with Crippen LogP contribution in [0.5, 0.6) is 5.75 Å². The van der Waals surface area contributed by atoms with Gasteiger partial charge in [-0.15, -0.1) is 0 Å². The SMILES string of the molecule is C=C(C)COc1ccccc1NC(=O)N1CCOC[C@@H](CO)C1. The summed E-state index contributed by atoms with van der Waals surface area (Å²) in [6.45, 7) is 8.00. The van der Waals surface area contributed by atoms with Crippen molar-refractivity contribution in [2.45, 2.75) is 6.92 Å². The van der Waals surface area contributed by atoms with E-state index in [1.165, 1.54) is 0 Å². The predicted molar refractivity (Wildman–Crippen MR) is 88.7 cm³/mol. The van der Waals surface area contributed by atoms with Crippen molar-refractivity contribution in [3.05, 3.63) is 36.4 Å². The Morgan fingerprint density at radius 2 is 2.30 bits per heavy atom. The second-order valence-electron chi connectivity index (χ2n) is 5.74. The lowest BCUT2D eigenvalue weighted by atomic mass is 10.2. The number of para-hydroxylation sites is 2. The van der Waals surface area contributed by atoms with Crippen LogP contribution in [-0.4, -0.2) is 55.6 Å². The summed E-state index contributed by atoms with van der Waals surface area (Å²) in [5, 5.41) is 12.2. The van der Waals surface area contributed by atoms with Crippen LogP contribution in [0.15, 0.2) is 36.4 Å². The van der Waals surface area contributed by atoms with Crippen LogP contribution < -0.4 is 10.1 Å². The highest BCUT2D eigenvalue weighted by Gasteiger charge is 2.22. The van der Waals surface area contributed by atoms with Crippen LogP contribution in [0.1, 0.15) is 6.92 Å². The Kier molecular flexibility index (Phi) is 6.43. The summed E-state index contributed by atoms with van der Waals surface area (Å²) in [6, 6.07) is 7.07. The van der Waals surface area contributed by atoms with Gasteiger partial charge >= 0.3 is 6.03 Å². The van der Waals surface area contributed by atoms with Crippen LogP contribution in [-0.2, 0) is 4.74 Å². The van der Waals surface area contributed by atoms with Gasteiger partial charge in [0, 0.05) is 25.6 Å². The third kappa shape index (κ3) is 5.26. The molecule has 0 unspecified atom stereocenters. The number of aliphatic hydroxyl groups is 1. The van der Waals surface area contributed by atoms with Gasteiger partial charge in [-0.3, -0.25) is 0 Å². The van der Waals surface area contributed by atoms with E-state index in [1.807, 2.05) is 19.1 Å². The molecule has 2 rings (SSSR count). The highest BCUT2D eigenvalue weighted by molar-refractivity contribution is 5.91. The van der Waals surface area contributed by atoms with E-state index in [0.717, 1.165) is 5.57 Å². The highest BCUT2D eigenvalue weighted by Crippen LogP contribution is 2.24. The zero-order valence-corrected chi connectivity index (χ0v) is 13.5. The Balaban J connectivity index is 2.02. The van der Waals surface area contributed by atoms with Crippen LogP contribution in [0, 0.1) is 5.92 Å². The van der Waals surface area contributed by atoms with Crippen molar-refractivity contribution >= 4 is 11.7 Å². The Labute approximate surface area is 136 Å². The topological polar surface area (TPSA) is 71.0 Å². The normalized spacial score (nSPS) is 18.2. The number of carbonyl (C=O) groups excluding carboxylic acids is 1. The smallest absolute Gasteiger partial charge is 0.322 e. The predicted octanol–water partition coefficient (Wildman–Crippen LogP) is 2.11. The lowest BCUT2D eigenvalue weighted by Gasteiger charge is -2.23. The lowest BCUT2D eigenvalue weighted by Crippen LogP contribution is -2.39. The molecule has 1 aliphatic heterocycles. The number of carbonyl (C=O) groups is 1. The van der Waals surface area contributed by atoms with Crippen molar-refractivity contribution in [3.63, 3.8) is 0 Å². The minimum absolute atomic E-state index is 0.00207. The molecular weight excluding hydrogens is 296 g/mol. The summed E-state index contributed by atoms with van der Waals surface area (Å²) in [6.07, 6.45) is 0. The second-order valence-corrected chi connectivity index (χ2v) is 5.74. The highest BCUT2D eigenvalue weighted by atomic mass is 16.5. The Morgan fingerprint density at radius 3 is 3.04 bits per heavy atom. The van der Waals surface area contributed by atoms with Gasteiger partial charge in [0.2, 0.25) is 0 Å². The molecule has 2 amide bonds. The number of urea groups is 1. The molecule has 1 atom stereocenters. The molecule has 0 radical (unpaired) electrons. The summed E-state index contributed by atoms with van der Waals surface area (Å²) in [5.41, 5.74) is 1.52. The zero-order chi connectivity index (χ0) is 16.7. The first-order valence-electron chi connectivity index (χ1n) is 7.71. The monoisotopic (exact) mass is 320 g/mol. The summed E-state index contributed by atoms with van der Waals surface area (Å²) in [4.78, 5) is 14.1. The first-order chi connectivity index (χ1) is 11.1. The quantitative estimate of drug-likeness (QED) is 0.815. The van der Waals surface area contributed by atoms with Gasteiger partial charge < -0.3 is 24.8 Å². The average Bonchev–Trinajstić information content (AvgIpc) is 2.79. The molecule has 23 heavy (non-hydrogen) atoms. The minimum Gasteiger partial charge on any atom is -0.487 e. The molecule has 6 heteroatoms. The van der Waals surface area contributed by atoms with E-state index in [0.29, 0.717) is 44.3 Å². The molecule has 1 aliphatic rings. The summed E-state index contributed by atoms with van der Waals surface area (Å²) < 4.78 is 11.1. The molecule has 1 aromatic carbocycles. The Morgan fingerprint density at radius 1 is 1.52 bits per heavy atom. The average molecular weight is 320 g/mol. The van der Waals surface area contributed by atoms with Gasteiger partial charge in [-0.05, 0) is 24.6 Å². The van der Waals surface area contributed by atoms with Crippen molar-refractivity contribution in [2.75, 3.05) is 44.8 Å². The molecule has 2 N–H and O–H groups in total. The van der Waals surface area contributed by atoms with Gasteiger partial charge in [0.25, 0.3) is 0 Å². The van der Waals surface area contributed by atoms with Crippen LogP contribution in [0.25, 0.3) is 0 Å². The maximum absolute atomic E-state index is 12.5. The van der Waals surface area contributed by atoms with Crippen molar-refractivity contribution in [1.29, 1.82) is 0 Å². The number of benzene rings is 1. The van der Waals surface area contributed by atoms with E-state index < -0.39 is 0 Å². The Bertz CT molecular complexity index is 547. The zero-order valence-electron chi connectivity index (χ0n) is 13.5. The molecule has 0 aromatic heterocycles. The lowest BCUT2D eigenvalue weighted by molar-refractivity contribution is 0.0958. The number of rotatable bonds is 5. The van der Waals surface area contributed by atoms with E-state index >= 15 is 0 Å². The fraction of sp³-hybridized carbons (Fsp3) is 0.471. The van der Waals surface area contributed by atoms with Crippen LogP contribution in [0.3, 0.4) is 0 Å². The third-order valence-electron chi connectivity index (χ3n) is 3.49. The van der Waals surface area contributed by atoms with E-state index in [-0.39, 0.29) is 18.6 Å². The number of anilines is 1. The number of aliphatic hydroxyl groups excluding tert-OH is 1.